The van der Waals surface area contributed by atoms with E-state index in [1.807, 2.05) is 0 Å². The van der Waals surface area contributed by atoms with Crippen LogP contribution in [0.4, 0.5) is 0 Å². The van der Waals surface area contributed by atoms with Crippen molar-refractivity contribution in [1.29, 1.82) is 0 Å². The Hall–Kier alpha value is -3.22. The lowest BCUT2D eigenvalue weighted by Crippen LogP contribution is -2.43. The van der Waals surface area contributed by atoms with Crippen LogP contribution >= 0.6 is 0 Å². The molecule has 0 aromatic carbocycles. The molecule has 0 saturated heterocycles. The van der Waals surface area contributed by atoms with Gasteiger partial charge in [0.15, 0.2) is 11.7 Å². The average molecular weight is 663 g/mol. The first kappa shape index (κ1) is 44.9. The minimum atomic E-state index is -2.63. The fraction of sp³-hybridized carbons (Fsp3) is 0.818. The van der Waals surface area contributed by atoms with E-state index < -0.39 is 60.4 Å². The molecule has 0 aliphatic heterocycles. The zero-order valence-electron chi connectivity index (χ0n) is 28.4. The van der Waals surface area contributed by atoms with E-state index in [0.717, 1.165) is 19.3 Å². The first-order chi connectivity index (χ1) is 21.7. The monoisotopic (exact) mass is 662 g/mol. The Labute approximate surface area is 273 Å². The van der Waals surface area contributed by atoms with Crippen LogP contribution in [0.15, 0.2) is 0 Å². The summed E-state index contributed by atoms with van der Waals surface area (Å²) in [5.41, 5.74) is -2.63. The van der Waals surface area contributed by atoms with E-state index in [9.17, 15) is 33.9 Å². The van der Waals surface area contributed by atoms with Crippen LogP contribution in [-0.2, 0) is 47.7 Å². The first-order valence-corrected chi connectivity index (χ1v) is 16.5. The molecular formula is C33H58O13. The predicted octanol–water partition coefficient (Wildman–Crippen LogP) is 5.52. The Morgan fingerprint density at radius 2 is 0.957 bits per heavy atom. The largest absolute Gasteiger partial charge is 0.481 e. The molecule has 0 aromatic heterocycles. The zero-order valence-corrected chi connectivity index (χ0v) is 28.4. The number of carbonyl (C=O) groups excluding carboxylic acids is 4. The van der Waals surface area contributed by atoms with E-state index in [4.69, 9.17) is 19.7 Å². The van der Waals surface area contributed by atoms with E-state index in [2.05, 4.69) is 16.4 Å². The zero-order chi connectivity index (χ0) is 35.2. The van der Waals surface area contributed by atoms with Gasteiger partial charge in [0, 0.05) is 20.8 Å². The van der Waals surface area contributed by atoms with Gasteiger partial charge >= 0.3 is 35.8 Å². The van der Waals surface area contributed by atoms with E-state index in [0.29, 0.717) is 6.42 Å². The molecule has 0 aliphatic rings. The number of aliphatic hydroxyl groups is 1. The number of rotatable bonds is 27. The summed E-state index contributed by atoms with van der Waals surface area (Å²) in [6, 6.07) is 0. The molecule has 13 heteroatoms. The Balaban J connectivity index is 0. The number of esters is 4. The lowest BCUT2D eigenvalue weighted by atomic mass is 9.96. The minimum absolute atomic E-state index is 0.123. The molecule has 1 atom stereocenters. The molecule has 0 fully saturated rings. The van der Waals surface area contributed by atoms with Crippen molar-refractivity contribution < 1.29 is 63.0 Å². The lowest BCUT2D eigenvalue weighted by Gasteiger charge is -2.20. The highest BCUT2D eigenvalue weighted by molar-refractivity contribution is 5.88. The SMILES string of the molecule is CC(=O)OCC(COC(C)=O)OC(C)=O.CCCCCCCCCCCCCCCCCCOC(=O)CC(O)(CC(=O)O)C(=O)O. The van der Waals surface area contributed by atoms with Gasteiger partial charge in [-0.15, -0.1) is 0 Å². The van der Waals surface area contributed by atoms with Gasteiger partial charge in [-0.1, -0.05) is 103 Å². The third-order valence-electron chi connectivity index (χ3n) is 6.82. The summed E-state index contributed by atoms with van der Waals surface area (Å²) < 4.78 is 19.0. The molecule has 0 aliphatic carbocycles. The van der Waals surface area contributed by atoms with E-state index in [1.165, 1.54) is 97.8 Å². The highest BCUT2D eigenvalue weighted by Gasteiger charge is 2.41. The normalized spacial score (nSPS) is 11.9. The number of hydrogen-bond donors (Lipinski definition) is 3. The maximum Gasteiger partial charge on any atom is 0.336 e. The van der Waals surface area contributed by atoms with Crippen molar-refractivity contribution in [1.82, 2.24) is 0 Å². The summed E-state index contributed by atoms with van der Waals surface area (Å²) in [6.07, 6.45) is 17.2. The molecule has 0 bridgehead atoms. The number of unbranched alkanes of at least 4 members (excludes halogenated alkanes) is 15. The Bertz CT molecular complexity index is 856. The van der Waals surface area contributed by atoms with Crippen molar-refractivity contribution in [3.63, 3.8) is 0 Å². The Kier molecular flexibility index (Phi) is 28.5. The van der Waals surface area contributed by atoms with Crippen LogP contribution in [0.2, 0.25) is 0 Å². The van der Waals surface area contributed by atoms with Crippen molar-refractivity contribution >= 4 is 35.8 Å². The van der Waals surface area contributed by atoms with Gasteiger partial charge in [0.25, 0.3) is 0 Å². The minimum Gasteiger partial charge on any atom is -0.481 e. The fourth-order valence-electron chi connectivity index (χ4n) is 4.36. The summed E-state index contributed by atoms with van der Waals surface area (Å²) in [7, 11) is 0. The molecular weight excluding hydrogens is 604 g/mol. The number of carboxylic acid groups (broad SMARTS) is 2. The number of carboxylic acids is 2. The quantitative estimate of drug-likeness (QED) is 0.0565. The molecule has 0 heterocycles. The van der Waals surface area contributed by atoms with Gasteiger partial charge in [-0.3, -0.25) is 24.0 Å². The second-order valence-corrected chi connectivity index (χ2v) is 11.4. The summed E-state index contributed by atoms with van der Waals surface area (Å²) in [5, 5.41) is 27.4. The summed E-state index contributed by atoms with van der Waals surface area (Å²) in [5.74, 6) is -5.64. The molecule has 268 valence electrons. The first-order valence-electron chi connectivity index (χ1n) is 16.5. The molecule has 0 aromatic rings. The van der Waals surface area contributed by atoms with Gasteiger partial charge in [0.05, 0.1) is 19.4 Å². The average Bonchev–Trinajstić information content (AvgIpc) is 2.95. The molecule has 3 N–H and O–H groups in total. The van der Waals surface area contributed by atoms with Gasteiger partial charge < -0.3 is 34.3 Å². The molecule has 0 rings (SSSR count). The van der Waals surface area contributed by atoms with E-state index in [1.54, 1.807) is 0 Å². The summed E-state index contributed by atoms with van der Waals surface area (Å²) >= 11 is 0. The van der Waals surface area contributed by atoms with Crippen molar-refractivity contribution in [2.75, 3.05) is 19.8 Å². The Morgan fingerprint density at radius 3 is 1.28 bits per heavy atom. The molecule has 0 spiro atoms. The van der Waals surface area contributed by atoms with Crippen molar-refractivity contribution in [3.05, 3.63) is 0 Å². The van der Waals surface area contributed by atoms with E-state index >= 15 is 0 Å². The van der Waals surface area contributed by atoms with Crippen LogP contribution in [0.25, 0.3) is 0 Å². The van der Waals surface area contributed by atoms with E-state index in [-0.39, 0.29) is 19.8 Å². The van der Waals surface area contributed by atoms with Crippen molar-refractivity contribution in [2.45, 2.75) is 155 Å². The maximum absolute atomic E-state index is 11.7. The number of carbonyl (C=O) groups is 6. The van der Waals surface area contributed by atoms with Gasteiger partial charge in [0.1, 0.15) is 13.2 Å². The maximum atomic E-state index is 11.7. The summed E-state index contributed by atoms with van der Waals surface area (Å²) in [4.78, 5) is 65.0. The number of hydrogen-bond acceptors (Lipinski definition) is 11. The molecule has 0 saturated carbocycles. The van der Waals surface area contributed by atoms with Crippen LogP contribution < -0.4 is 0 Å². The second-order valence-electron chi connectivity index (χ2n) is 11.4. The molecule has 46 heavy (non-hydrogen) atoms. The van der Waals surface area contributed by atoms with Crippen LogP contribution in [0.5, 0.6) is 0 Å². The van der Waals surface area contributed by atoms with Gasteiger partial charge in [-0.05, 0) is 6.42 Å². The lowest BCUT2D eigenvalue weighted by molar-refractivity contribution is -0.172. The molecule has 13 nitrogen and oxygen atoms in total. The number of aliphatic carboxylic acids is 2. The predicted molar refractivity (Wildman–Crippen MR) is 169 cm³/mol. The standard InChI is InChI=1S/C24H44O7.C9H14O6/c1-2-3-4-5-6-7-8-9-10-11-12-13-14-15-16-17-18-31-22(27)20-24(30,23(28)29)19-21(25)26;1-6(10)13-4-9(15-8(3)12)5-14-7(2)11/h30H,2-20H2,1H3,(H,25,26)(H,28,29);9H,4-5H2,1-3H3. The van der Waals surface area contributed by atoms with Crippen molar-refractivity contribution in [2.24, 2.45) is 0 Å². The summed E-state index contributed by atoms with van der Waals surface area (Å²) in [6.45, 7) is 5.84. The van der Waals surface area contributed by atoms with Gasteiger partial charge in [-0.2, -0.15) is 0 Å². The topological polar surface area (TPSA) is 200 Å². The van der Waals surface area contributed by atoms with Crippen LogP contribution in [0.3, 0.4) is 0 Å². The van der Waals surface area contributed by atoms with Gasteiger partial charge in [-0.25, -0.2) is 4.79 Å². The van der Waals surface area contributed by atoms with Crippen LogP contribution in [-0.4, -0.2) is 82.7 Å². The fourth-order valence-corrected chi connectivity index (χ4v) is 4.36. The molecule has 1 unspecified atom stereocenters. The third-order valence-corrected chi connectivity index (χ3v) is 6.82. The Morgan fingerprint density at radius 1 is 0.565 bits per heavy atom. The van der Waals surface area contributed by atoms with Crippen molar-refractivity contribution in [3.8, 4) is 0 Å². The highest BCUT2D eigenvalue weighted by atomic mass is 16.6. The number of ether oxygens (including phenoxy) is 4. The van der Waals surface area contributed by atoms with Crippen LogP contribution in [0.1, 0.15) is 143 Å². The second kappa shape index (κ2) is 29.2. The molecule has 0 amide bonds. The smallest absolute Gasteiger partial charge is 0.336 e. The third kappa shape index (κ3) is 30.8. The highest BCUT2D eigenvalue weighted by Crippen LogP contribution is 2.18. The van der Waals surface area contributed by atoms with Crippen LogP contribution in [0, 0.1) is 0 Å². The van der Waals surface area contributed by atoms with Gasteiger partial charge in [0.2, 0.25) is 0 Å². The molecule has 0 radical (unpaired) electrons.